The van der Waals surface area contributed by atoms with E-state index in [0.717, 1.165) is 29.8 Å². The number of amides is 2. The number of aromatic nitrogens is 3. The first-order valence-electron chi connectivity index (χ1n) is 10.5. The van der Waals surface area contributed by atoms with Crippen LogP contribution in [0.5, 0.6) is 0 Å². The van der Waals surface area contributed by atoms with E-state index >= 15 is 0 Å². The van der Waals surface area contributed by atoms with E-state index in [4.69, 9.17) is 0 Å². The minimum absolute atomic E-state index is 0.104. The summed E-state index contributed by atoms with van der Waals surface area (Å²) in [5, 5.41) is 2.92. The SMILES string of the molecule is Cc1ncc(C(=O)Nc2ccccc2)c(C2CCN(C(=O)Cc3cccnc3)CC2)n1. The molecular formula is C24H25N5O2. The molecule has 3 aromatic rings. The summed E-state index contributed by atoms with van der Waals surface area (Å²) in [5.74, 6) is 0.644. The van der Waals surface area contributed by atoms with Crippen LogP contribution in [0.2, 0.25) is 0 Å². The fourth-order valence-corrected chi connectivity index (χ4v) is 3.89. The summed E-state index contributed by atoms with van der Waals surface area (Å²) in [6.07, 6.45) is 6.92. The molecule has 2 amide bonds. The molecule has 0 spiro atoms. The second kappa shape index (κ2) is 9.47. The number of hydrogen-bond donors (Lipinski definition) is 1. The topological polar surface area (TPSA) is 88.1 Å². The highest BCUT2D eigenvalue weighted by Gasteiger charge is 2.28. The van der Waals surface area contributed by atoms with E-state index < -0.39 is 0 Å². The van der Waals surface area contributed by atoms with Gasteiger partial charge in [0.15, 0.2) is 0 Å². The average Bonchev–Trinajstić information content (AvgIpc) is 2.80. The van der Waals surface area contributed by atoms with Crippen molar-refractivity contribution in [2.45, 2.75) is 32.1 Å². The second-order valence-electron chi connectivity index (χ2n) is 7.73. The van der Waals surface area contributed by atoms with Crippen LogP contribution < -0.4 is 5.32 Å². The number of nitrogens with one attached hydrogen (secondary N) is 1. The van der Waals surface area contributed by atoms with Crippen LogP contribution in [0.1, 0.15) is 46.2 Å². The molecule has 31 heavy (non-hydrogen) atoms. The van der Waals surface area contributed by atoms with Gasteiger partial charge in [0, 0.05) is 43.3 Å². The molecule has 0 radical (unpaired) electrons. The van der Waals surface area contributed by atoms with Crippen molar-refractivity contribution < 1.29 is 9.59 Å². The lowest BCUT2D eigenvalue weighted by atomic mass is 9.90. The van der Waals surface area contributed by atoms with Crippen LogP contribution in [0, 0.1) is 6.92 Å². The van der Waals surface area contributed by atoms with Crippen molar-refractivity contribution in [3.63, 3.8) is 0 Å². The number of nitrogens with zero attached hydrogens (tertiary/aromatic N) is 4. The molecular weight excluding hydrogens is 390 g/mol. The van der Waals surface area contributed by atoms with Crippen LogP contribution in [-0.4, -0.2) is 44.8 Å². The van der Waals surface area contributed by atoms with Gasteiger partial charge in [0.1, 0.15) is 5.82 Å². The highest BCUT2D eigenvalue weighted by Crippen LogP contribution is 2.29. The van der Waals surface area contributed by atoms with E-state index in [2.05, 4.69) is 20.3 Å². The zero-order valence-corrected chi connectivity index (χ0v) is 17.5. The monoisotopic (exact) mass is 415 g/mol. The minimum atomic E-state index is -0.212. The fourth-order valence-electron chi connectivity index (χ4n) is 3.89. The molecule has 0 aliphatic carbocycles. The Morgan fingerprint density at radius 3 is 2.55 bits per heavy atom. The molecule has 1 saturated heterocycles. The van der Waals surface area contributed by atoms with Gasteiger partial charge in [-0.3, -0.25) is 14.6 Å². The van der Waals surface area contributed by atoms with Gasteiger partial charge >= 0.3 is 0 Å². The Morgan fingerprint density at radius 1 is 1.06 bits per heavy atom. The van der Waals surface area contributed by atoms with E-state index in [9.17, 15) is 9.59 Å². The van der Waals surface area contributed by atoms with Crippen LogP contribution in [0.15, 0.2) is 61.1 Å². The molecule has 7 nitrogen and oxygen atoms in total. The molecule has 0 atom stereocenters. The van der Waals surface area contributed by atoms with Gasteiger partial charge in [-0.25, -0.2) is 9.97 Å². The average molecular weight is 415 g/mol. The Hall–Kier alpha value is -3.61. The van der Waals surface area contributed by atoms with Crippen LogP contribution in [0.4, 0.5) is 5.69 Å². The fraction of sp³-hybridized carbons (Fsp3) is 0.292. The molecule has 1 aromatic carbocycles. The Bertz CT molecular complexity index is 1050. The minimum Gasteiger partial charge on any atom is -0.342 e. The van der Waals surface area contributed by atoms with Gasteiger partial charge in [0.05, 0.1) is 17.7 Å². The van der Waals surface area contributed by atoms with Crippen molar-refractivity contribution in [3.8, 4) is 0 Å². The lowest BCUT2D eigenvalue weighted by molar-refractivity contribution is -0.131. The molecule has 1 N–H and O–H groups in total. The largest absolute Gasteiger partial charge is 0.342 e. The second-order valence-corrected chi connectivity index (χ2v) is 7.73. The summed E-state index contributed by atoms with van der Waals surface area (Å²) in [5.41, 5.74) is 2.91. The Morgan fingerprint density at radius 2 is 1.84 bits per heavy atom. The highest BCUT2D eigenvalue weighted by atomic mass is 16.2. The van der Waals surface area contributed by atoms with E-state index in [1.54, 1.807) is 18.6 Å². The number of anilines is 1. The molecule has 4 rings (SSSR count). The van der Waals surface area contributed by atoms with Crippen molar-refractivity contribution in [2.75, 3.05) is 18.4 Å². The molecule has 0 bridgehead atoms. The van der Waals surface area contributed by atoms with Crippen molar-refractivity contribution in [2.24, 2.45) is 0 Å². The maximum Gasteiger partial charge on any atom is 0.259 e. The predicted octanol–water partition coefficient (Wildman–Crippen LogP) is 3.38. The molecule has 2 aromatic heterocycles. The number of pyridine rings is 1. The molecule has 0 saturated carbocycles. The van der Waals surface area contributed by atoms with Crippen molar-refractivity contribution in [3.05, 3.63) is 83.7 Å². The third kappa shape index (κ3) is 5.12. The maximum atomic E-state index is 12.9. The predicted molar refractivity (Wildman–Crippen MR) is 118 cm³/mol. The highest BCUT2D eigenvalue weighted by molar-refractivity contribution is 6.04. The zero-order chi connectivity index (χ0) is 21.6. The summed E-state index contributed by atoms with van der Waals surface area (Å²) in [6.45, 7) is 3.12. The van der Waals surface area contributed by atoms with Gasteiger partial charge in [-0.15, -0.1) is 0 Å². The van der Waals surface area contributed by atoms with Crippen molar-refractivity contribution >= 4 is 17.5 Å². The Kier molecular flexibility index (Phi) is 6.31. The lowest BCUT2D eigenvalue weighted by Gasteiger charge is -2.32. The van der Waals surface area contributed by atoms with Crippen LogP contribution in [-0.2, 0) is 11.2 Å². The van der Waals surface area contributed by atoms with Crippen molar-refractivity contribution in [1.29, 1.82) is 0 Å². The van der Waals surface area contributed by atoms with Crippen LogP contribution >= 0.6 is 0 Å². The summed E-state index contributed by atoms with van der Waals surface area (Å²) in [4.78, 5) is 40.4. The number of para-hydroxylation sites is 1. The van der Waals surface area contributed by atoms with Gasteiger partial charge in [-0.05, 0) is 43.5 Å². The summed E-state index contributed by atoms with van der Waals surface area (Å²) in [6, 6.07) is 13.1. The van der Waals surface area contributed by atoms with Gasteiger partial charge in [0.2, 0.25) is 5.91 Å². The number of aryl methyl sites for hydroxylation is 1. The number of benzene rings is 1. The van der Waals surface area contributed by atoms with E-state index in [-0.39, 0.29) is 17.7 Å². The number of rotatable bonds is 5. The molecule has 7 heteroatoms. The van der Waals surface area contributed by atoms with Gasteiger partial charge in [0.25, 0.3) is 5.91 Å². The molecule has 3 heterocycles. The van der Waals surface area contributed by atoms with Crippen molar-refractivity contribution in [1.82, 2.24) is 19.9 Å². The molecule has 1 aliphatic heterocycles. The van der Waals surface area contributed by atoms with Gasteiger partial charge < -0.3 is 10.2 Å². The Balaban J connectivity index is 1.44. The normalized spacial score (nSPS) is 14.3. The maximum absolute atomic E-state index is 12.9. The molecule has 1 fully saturated rings. The van der Waals surface area contributed by atoms with E-state index in [0.29, 0.717) is 30.9 Å². The standard InChI is InChI=1S/C24H25N5O2/c1-17-26-16-21(24(31)28-20-7-3-2-4-8-20)23(27-17)19-9-12-29(13-10-19)22(30)14-18-6-5-11-25-15-18/h2-8,11,15-16,19H,9-10,12-14H2,1H3,(H,28,31). The van der Waals surface area contributed by atoms with E-state index in [1.807, 2.05) is 54.3 Å². The van der Waals surface area contributed by atoms with Gasteiger partial charge in [-0.1, -0.05) is 24.3 Å². The molecule has 158 valence electrons. The quantitative estimate of drug-likeness (QED) is 0.690. The summed E-state index contributed by atoms with van der Waals surface area (Å²) >= 11 is 0. The molecule has 0 unspecified atom stereocenters. The number of piperidine rings is 1. The van der Waals surface area contributed by atoms with Crippen LogP contribution in [0.25, 0.3) is 0 Å². The first-order chi connectivity index (χ1) is 15.1. The third-order valence-corrected chi connectivity index (χ3v) is 5.53. The first kappa shape index (κ1) is 20.7. The number of likely N-dealkylation sites (tertiary alicyclic amines) is 1. The lowest BCUT2D eigenvalue weighted by Crippen LogP contribution is -2.39. The summed E-state index contributed by atoms with van der Waals surface area (Å²) < 4.78 is 0. The summed E-state index contributed by atoms with van der Waals surface area (Å²) in [7, 11) is 0. The number of carbonyl (C=O) groups excluding carboxylic acids is 2. The van der Waals surface area contributed by atoms with E-state index in [1.165, 1.54) is 0 Å². The number of carbonyl (C=O) groups is 2. The molecule has 1 aliphatic rings. The zero-order valence-electron chi connectivity index (χ0n) is 17.5. The number of hydrogen-bond acceptors (Lipinski definition) is 5. The van der Waals surface area contributed by atoms with Crippen LogP contribution in [0.3, 0.4) is 0 Å². The third-order valence-electron chi connectivity index (χ3n) is 5.53. The first-order valence-corrected chi connectivity index (χ1v) is 10.5. The van der Waals surface area contributed by atoms with Gasteiger partial charge in [-0.2, -0.15) is 0 Å². The smallest absolute Gasteiger partial charge is 0.259 e. The Labute approximate surface area is 181 Å².